The van der Waals surface area contributed by atoms with Crippen molar-refractivity contribution >= 4 is 17.5 Å². The van der Waals surface area contributed by atoms with Crippen molar-refractivity contribution in [3.63, 3.8) is 0 Å². The van der Waals surface area contributed by atoms with E-state index in [9.17, 15) is 9.59 Å². The van der Waals surface area contributed by atoms with Crippen molar-refractivity contribution in [3.8, 4) is 0 Å². The Morgan fingerprint density at radius 2 is 2.05 bits per heavy atom. The molecule has 1 aromatic rings. The van der Waals surface area contributed by atoms with Crippen LogP contribution < -0.4 is 5.32 Å². The summed E-state index contributed by atoms with van der Waals surface area (Å²) in [5.74, 6) is -0.531. The minimum atomic E-state index is -0.333. The van der Waals surface area contributed by atoms with Gasteiger partial charge in [-0.15, -0.1) is 0 Å². The third kappa shape index (κ3) is 2.51. The summed E-state index contributed by atoms with van der Waals surface area (Å²) >= 11 is 0. The third-order valence-corrected chi connectivity index (χ3v) is 3.02. The Bertz CT molecular complexity index is 504. The van der Waals surface area contributed by atoms with Gasteiger partial charge in [0.25, 0.3) is 5.91 Å². The minimum absolute atomic E-state index is 0.0866. The van der Waals surface area contributed by atoms with E-state index in [1.807, 2.05) is 12.1 Å². The van der Waals surface area contributed by atoms with Crippen LogP contribution in [0.15, 0.2) is 30.8 Å². The Labute approximate surface area is 111 Å². The van der Waals surface area contributed by atoms with Gasteiger partial charge in [-0.1, -0.05) is 24.8 Å². The fraction of sp³-hybridized carbons (Fsp3) is 0.286. The van der Waals surface area contributed by atoms with E-state index in [-0.39, 0.29) is 31.0 Å². The smallest absolute Gasteiger partial charge is 0.259 e. The average molecular weight is 260 g/mol. The summed E-state index contributed by atoms with van der Waals surface area (Å²) < 4.78 is 0. The molecule has 1 unspecified atom stereocenters. The van der Waals surface area contributed by atoms with Crippen molar-refractivity contribution in [1.82, 2.24) is 10.2 Å². The number of fused-ring (bicyclic) bond motifs is 1. The molecule has 5 nitrogen and oxygen atoms in total. The maximum absolute atomic E-state index is 12.1. The summed E-state index contributed by atoms with van der Waals surface area (Å²) in [5.41, 5.74) is 1.86. The summed E-state index contributed by atoms with van der Waals surface area (Å²) in [6.07, 6.45) is 0. The fourth-order valence-electron chi connectivity index (χ4n) is 2.01. The van der Waals surface area contributed by atoms with Crippen LogP contribution >= 0.6 is 0 Å². The van der Waals surface area contributed by atoms with Crippen LogP contribution in [-0.4, -0.2) is 41.0 Å². The molecule has 1 aromatic carbocycles. The Hall–Kier alpha value is -2.14. The monoisotopic (exact) mass is 260 g/mol. The van der Waals surface area contributed by atoms with Crippen molar-refractivity contribution in [2.45, 2.75) is 13.0 Å². The van der Waals surface area contributed by atoms with E-state index in [1.165, 1.54) is 4.90 Å². The van der Waals surface area contributed by atoms with Gasteiger partial charge in [0.1, 0.15) is 6.54 Å². The van der Waals surface area contributed by atoms with Crippen LogP contribution in [0.3, 0.4) is 0 Å². The Morgan fingerprint density at radius 3 is 2.63 bits per heavy atom. The SMILES string of the molecule is C=C1c2ccccc2C(=O)N1CC(=O)NC(C)CO. The van der Waals surface area contributed by atoms with E-state index in [1.54, 1.807) is 19.1 Å². The lowest BCUT2D eigenvalue weighted by molar-refractivity contribution is -0.122. The van der Waals surface area contributed by atoms with Gasteiger partial charge in [0.15, 0.2) is 0 Å². The molecule has 5 heteroatoms. The summed E-state index contributed by atoms with van der Waals surface area (Å²) in [5, 5.41) is 11.5. The number of carbonyl (C=O) groups is 2. The molecule has 0 bridgehead atoms. The van der Waals surface area contributed by atoms with Gasteiger partial charge in [-0.05, 0) is 13.0 Å². The number of amides is 2. The molecule has 1 atom stereocenters. The largest absolute Gasteiger partial charge is 0.394 e. The molecule has 0 radical (unpaired) electrons. The number of benzene rings is 1. The zero-order valence-electron chi connectivity index (χ0n) is 10.7. The summed E-state index contributed by atoms with van der Waals surface area (Å²) in [6.45, 7) is 5.32. The van der Waals surface area contributed by atoms with Crippen LogP contribution in [0.2, 0.25) is 0 Å². The molecule has 19 heavy (non-hydrogen) atoms. The molecule has 0 saturated carbocycles. The highest BCUT2D eigenvalue weighted by molar-refractivity contribution is 6.10. The van der Waals surface area contributed by atoms with Crippen molar-refractivity contribution in [3.05, 3.63) is 42.0 Å². The van der Waals surface area contributed by atoms with Crippen molar-refractivity contribution < 1.29 is 14.7 Å². The molecule has 100 valence electrons. The normalized spacial score (nSPS) is 15.4. The van der Waals surface area contributed by atoms with E-state index in [0.717, 1.165) is 5.56 Å². The van der Waals surface area contributed by atoms with Gasteiger partial charge in [0, 0.05) is 22.9 Å². The lowest BCUT2D eigenvalue weighted by Crippen LogP contribution is -2.42. The van der Waals surface area contributed by atoms with Gasteiger partial charge in [-0.3, -0.25) is 14.5 Å². The van der Waals surface area contributed by atoms with Crippen LogP contribution in [0.5, 0.6) is 0 Å². The Kier molecular flexibility index (Phi) is 3.66. The molecule has 0 saturated heterocycles. The number of aliphatic hydroxyl groups excluding tert-OH is 1. The van der Waals surface area contributed by atoms with Crippen LogP contribution in [0, 0.1) is 0 Å². The average Bonchev–Trinajstić information content (AvgIpc) is 2.64. The second-order valence-electron chi connectivity index (χ2n) is 4.53. The van der Waals surface area contributed by atoms with E-state index in [2.05, 4.69) is 11.9 Å². The summed E-state index contributed by atoms with van der Waals surface area (Å²) in [6, 6.07) is 6.80. The molecule has 0 spiro atoms. The molecule has 2 amide bonds. The quantitative estimate of drug-likeness (QED) is 0.833. The number of nitrogens with zero attached hydrogens (tertiary/aromatic N) is 1. The maximum Gasteiger partial charge on any atom is 0.259 e. The highest BCUT2D eigenvalue weighted by Gasteiger charge is 2.31. The molecule has 2 N–H and O–H groups in total. The maximum atomic E-state index is 12.1. The first-order chi connectivity index (χ1) is 9.04. The first-order valence-electron chi connectivity index (χ1n) is 6.05. The third-order valence-electron chi connectivity index (χ3n) is 3.02. The zero-order valence-corrected chi connectivity index (χ0v) is 10.7. The Balaban J connectivity index is 2.10. The predicted octanol–water partition coefficient (Wildman–Crippen LogP) is 0.610. The van der Waals surface area contributed by atoms with Crippen LogP contribution in [-0.2, 0) is 4.79 Å². The van der Waals surface area contributed by atoms with Gasteiger partial charge < -0.3 is 10.4 Å². The lowest BCUT2D eigenvalue weighted by Gasteiger charge is -2.18. The minimum Gasteiger partial charge on any atom is -0.394 e. The van der Waals surface area contributed by atoms with Crippen LogP contribution in [0.1, 0.15) is 22.8 Å². The molecule has 1 heterocycles. The van der Waals surface area contributed by atoms with E-state index in [0.29, 0.717) is 11.3 Å². The van der Waals surface area contributed by atoms with Gasteiger partial charge >= 0.3 is 0 Å². The fourth-order valence-corrected chi connectivity index (χ4v) is 2.01. The number of rotatable bonds is 4. The molecule has 2 rings (SSSR count). The number of hydrogen-bond acceptors (Lipinski definition) is 3. The molecule has 0 aromatic heterocycles. The van der Waals surface area contributed by atoms with Crippen LogP contribution in [0.4, 0.5) is 0 Å². The number of aliphatic hydroxyl groups is 1. The standard InChI is InChI=1S/C14H16N2O3/c1-9(8-17)15-13(18)7-16-10(2)11-5-3-4-6-12(11)14(16)19/h3-6,9,17H,2,7-8H2,1H3,(H,15,18). The molecule has 0 aliphatic carbocycles. The highest BCUT2D eigenvalue weighted by Crippen LogP contribution is 2.30. The van der Waals surface area contributed by atoms with E-state index >= 15 is 0 Å². The summed E-state index contributed by atoms with van der Waals surface area (Å²) in [7, 11) is 0. The van der Waals surface area contributed by atoms with Crippen LogP contribution in [0.25, 0.3) is 5.70 Å². The summed E-state index contributed by atoms with van der Waals surface area (Å²) in [4.78, 5) is 25.2. The van der Waals surface area contributed by atoms with Gasteiger partial charge in [0.05, 0.1) is 6.61 Å². The Morgan fingerprint density at radius 1 is 1.42 bits per heavy atom. The second-order valence-corrected chi connectivity index (χ2v) is 4.53. The topological polar surface area (TPSA) is 69.6 Å². The second kappa shape index (κ2) is 5.24. The number of nitrogens with one attached hydrogen (secondary N) is 1. The predicted molar refractivity (Wildman–Crippen MR) is 71.2 cm³/mol. The first-order valence-corrected chi connectivity index (χ1v) is 6.05. The highest BCUT2D eigenvalue weighted by atomic mass is 16.3. The van der Waals surface area contributed by atoms with E-state index in [4.69, 9.17) is 5.11 Å². The zero-order chi connectivity index (χ0) is 14.0. The molecule has 0 fully saturated rings. The van der Waals surface area contributed by atoms with Crippen molar-refractivity contribution in [2.24, 2.45) is 0 Å². The van der Waals surface area contributed by atoms with Gasteiger partial charge in [-0.25, -0.2) is 0 Å². The van der Waals surface area contributed by atoms with Gasteiger partial charge in [0.2, 0.25) is 5.91 Å². The molecular formula is C14H16N2O3. The van der Waals surface area contributed by atoms with Gasteiger partial charge in [-0.2, -0.15) is 0 Å². The van der Waals surface area contributed by atoms with E-state index < -0.39 is 0 Å². The molecule has 1 aliphatic rings. The number of carbonyl (C=O) groups excluding carboxylic acids is 2. The first kappa shape index (κ1) is 13.3. The molecule has 1 aliphatic heterocycles. The van der Waals surface area contributed by atoms with Crippen molar-refractivity contribution in [2.75, 3.05) is 13.2 Å². The number of hydrogen-bond donors (Lipinski definition) is 2. The molecular weight excluding hydrogens is 244 g/mol. The lowest BCUT2D eigenvalue weighted by atomic mass is 10.1. The van der Waals surface area contributed by atoms with Crippen molar-refractivity contribution in [1.29, 1.82) is 0 Å².